The standard InChI is InChI=1S/C13H12ClF2N5O4S.C2H6/c1-7-5-3-4-6-8(7)26(23)25-21-11(22)19-10-17-9(13(14,15)16)18-12(20-10)24-2;1-2/h3-6H,1-2H3,(H2,17,18,19,20,21,22);1-2H3. The maximum atomic E-state index is 13.1. The van der Waals surface area contributed by atoms with Crippen molar-refractivity contribution in [1.29, 1.82) is 0 Å². The number of alkyl halides is 3. The Morgan fingerprint density at radius 3 is 2.43 bits per heavy atom. The van der Waals surface area contributed by atoms with E-state index in [1.54, 1.807) is 31.2 Å². The van der Waals surface area contributed by atoms with E-state index >= 15 is 0 Å². The van der Waals surface area contributed by atoms with E-state index in [0.717, 1.165) is 7.11 Å². The van der Waals surface area contributed by atoms with Gasteiger partial charge in [0.2, 0.25) is 22.9 Å². The number of rotatable bonds is 6. The van der Waals surface area contributed by atoms with Crippen LogP contribution in [-0.4, -0.2) is 32.3 Å². The minimum absolute atomic E-state index is 0.346. The lowest BCUT2D eigenvalue weighted by Gasteiger charge is -2.10. The highest BCUT2D eigenvalue weighted by molar-refractivity contribution is 7.80. The van der Waals surface area contributed by atoms with Gasteiger partial charge >= 0.3 is 17.4 Å². The van der Waals surface area contributed by atoms with Crippen molar-refractivity contribution in [2.75, 3.05) is 12.4 Å². The van der Waals surface area contributed by atoms with Crippen LogP contribution in [0.1, 0.15) is 25.2 Å². The van der Waals surface area contributed by atoms with Gasteiger partial charge in [-0.15, -0.1) is 0 Å². The number of amides is 2. The molecule has 1 aromatic carbocycles. The number of hydroxylamine groups is 1. The third-order valence-corrected chi connectivity index (χ3v) is 3.98. The number of aryl methyl sites for hydroxylation is 1. The molecule has 2 aromatic rings. The average Bonchev–Trinajstić information content (AvgIpc) is 2.67. The summed E-state index contributed by atoms with van der Waals surface area (Å²) in [4.78, 5) is 22.2. The zero-order valence-corrected chi connectivity index (χ0v) is 16.9. The molecule has 0 saturated heterocycles. The number of nitrogens with one attached hydrogen (secondary N) is 2. The molecule has 0 radical (unpaired) electrons. The predicted molar refractivity (Wildman–Crippen MR) is 98.3 cm³/mol. The maximum Gasteiger partial charge on any atom is 0.382 e. The van der Waals surface area contributed by atoms with Crippen LogP contribution in [0.15, 0.2) is 29.2 Å². The molecule has 28 heavy (non-hydrogen) atoms. The Hall–Kier alpha value is -2.44. The van der Waals surface area contributed by atoms with Crippen LogP contribution in [0.5, 0.6) is 6.01 Å². The maximum absolute atomic E-state index is 13.1. The topological polar surface area (TPSA) is 115 Å². The van der Waals surface area contributed by atoms with Crippen LogP contribution in [-0.2, 0) is 20.7 Å². The van der Waals surface area contributed by atoms with Gasteiger partial charge in [-0.2, -0.15) is 28.0 Å². The Kier molecular flexibility index (Phi) is 9.09. The summed E-state index contributed by atoms with van der Waals surface area (Å²) >= 11 is 2.86. The highest BCUT2D eigenvalue weighted by atomic mass is 35.5. The molecule has 1 aromatic heterocycles. The van der Waals surface area contributed by atoms with E-state index in [2.05, 4.69) is 19.7 Å². The van der Waals surface area contributed by atoms with Crippen LogP contribution in [0.3, 0.4) is 0 Å². The normalized spacial score (nSPS) is 11.7. The SMILES string of the molecule is CC.COc1nc(NC(=O)NOS(=O)c2ccccc2C)nc(C(F)(F)Cl)n1. The summed E-state index contributed by atoms with van der Waals surface area (Å²) in [6.07, 6.45) is 0. The average molecular weight is 438 g/mol. The summed E-state index contributed by atoms with van der Waals surface area (Å²) in [7, 11) is 1.13. The Morgan fingerprint density at radius 1 is 1.21 bits per heavy atom. The van der Waals surface area contributed by atoms with Crippen molar-refractivity contribution in [3.05, 3.63) is 35.7 Å². The summed E-state index contributed by atoms with van der Waals surface area (Å²) in [6.45, 7) is 5.71. The second kappa shape index (κ2) is 10.8. The van der Waals surface area contributed by atoms with E-state index < -0.39 is 40.3 Å². The second-order valence-corrected chi connectivity index (χ2v) is 6.16. The smallest absolute Gasteiger partial charge is 0.382 e. The number of anilines is 1. The fourth-order valence-electron chi connectivity index (χ4n) is 1.62. The highest BCUT2D eigenvalue weighted by Gasteiger charge is 2.33. The molecule has 154 valence electrons. The van der Waals surface area contributed by atoms with E-state index in [1.165, 1.54) is 0 Å². The van der Waals surface area contributed by atoms with E-state index in [-0.39, 0.29) is 0 Å². The van der Waals surface area contributed by atoms with Gasteiger partial charge < -0.3 is 4.74 Å². The first-order valence-corrected chi connectivity index (χ1v) is 9.25. The van der Waals surface area contributed by atoms with Gasteiger partial charge in [0.05, 0.1) is 12.0 Å². The predicted octanol–water partition coefficient (Wildman–Crippen LogP) is 3.28. The molecule has 0 aliphatic rings. The number of nitrogens with zero attached hydrogens (tertiary/aromatic N) is 3. The molecule has 1 atom stereocenters. The molecule has 9 nitrogen and oxygen atoms in total. The Morgan fingerprint density at radius 2 is 1.86 bits per heavy atom. The number of hydrogen-bond donors (Lipinski definition) is 2. The van der Waals surface area contributed by atoms with Crippen LogP contribution >= 0.6 is 11.6 Å². The van der Waals surface area contributed by atoms with Gasteiger partial charge in [-0.1, -0.05) is 32.0 Å². The van der Waals surface area contributed by atoms with Crippen molar-refractivity contribution < 1.29 is 26.8 Å². The second-order valence-electron chi connectivity index (χ2n) is 4.61. The Balaban J connectivity index is 0.00000190. The molecular weight excluding hydrogens is 420 g/mol. The van der Waals surface area contributed by atoms with Crippen molar-refractivity contribution in [2.45, 2.75) is 31.0 Å². The molecule has 2 rings (SSSR count). The largest absolute Gasteiger partial charge is 0.467 e. The van der Waals surface area contributed by atoms with Crippen LogP contribution in [0.2, 0.25) is 0 Å². The van der Waals surface area contributed by atoms with Gasteiger partial charge in [-0.05, 0) is 30.2 Å². The van der Waals surface area contributed by atoms with Crippen molar-refractivity contribution in [2.24, 2.45) is 0 Å². The molecule has 13 heteroatoms. The lowest BCUT2D eigenvalue weighted by molar-refractivity contribution is 0.0832. The fourth-order valence-corrected chi connectivity index (χ4v) is 2.47. The minimum atomic E-state index is -3.90. The zero-order valence-electron chi connectivity index (χ0n) is 15.3. The van der Waals surface area contributed by atoms with E-state index in [0.29, 0.717) is 10.5 Å². The quantitative estimate of drug-likeness (QED) is 0.526. The third kappa shape index (κ3) is 6.94. The first-order valence-electron chi connectivity index (χ1n) is 7.79. The number of carbonyl (C=O) groups excluding carboxylic acids is 1. The Labute approximate surface area is 167 Å². The molecule has 0 spiro atoms. The van der Waals surface area contributed by atoms with Gasteiger partial charge in [0.15, 0.2) is 0 Å². The molecule has 2 amide bonds. The third-order valence-electron chi connectivity index (χ3n) is 2.76. The number of carbonyl (C=O) groups is 1. The van der Waals surface area contributed by atoms with E-state index in [1.807, 2.05) is 24.6 Å². The van der Waals surface area contributed by atoms with Crippen LogP contribution in [0, 0.1) is 6.92 Å². The number of aromatic nitrogens is 3. The molecule has 2 N–H and O–H groups in total. The van der Waals surface area contributed by atoms with Crippen molar-refractivity contribution in [3.8, 4) is 6.01 Å². The molecule has 0 aliphatic carbocycles. The highest BCUT2D eigenvalue weighted by Crippen LogP contribution is 2.30. The molecule has 0 saturated carbocycles. The minimum Gasteiger partial charge on any atom is -0.467 e. The first kappa shape index (κ1) is 23.6. The molecular formula is C15H18ClF2N5O4S. The van der Waals surface area contributed by atoms with E-state index in [4.69, 9.17) is 15.9 Å². The number of benzene rings is 1. The van der Waals surface area contributed by atoms with E-state index in [9.17, 15) is 17.8 Å². The lowest BCUT2D eigenvalue weighted by atomic mass is 10.2. The molecule has 1 heterocycles. The molecule has 0 aliphatic heterocycles. The van der Waals surface area contributed by atoms with Crippen molar-refractivity contribution >= 4 is 34.7 Å². The van der Waals surface area contributed by atoms with Crippen molar-refractivity contribution in [1.82, 2.24) is 20.4 Å². The fraction of sp³-hybridized carbons (Fsp3) is 0.333. The first-order chi connectivity index (χ1) is 13.2. The van der Waals surface area contributed by atoms with Gasteiger partial charge in [-0.25, -0.2) is 14.5 Å². The van der Waals surface area contributed by atoms with Crippen LogP contribution in [0.4, 0.5) is 19.5 Å². The number of ether oxygens (including phenoxy) is 1. The Bertz CT molecular complexity index is 838. The molecule has 1 unspecified atom stereocenters. The summed E-state index contributed by atoms with van der Waals surface area (Å²) in [6, 6.07) is 5.10. The van der Waals surface area contributed by atoms with Crippen LogP contribution in [0.25, 0.3) is 0 Å². The number of methoxy groups -OCH3 is 1. The molecule has 0 fully saturated rings. The van der Waals surface area contributed by atoms with Gasteiger partial charge in [0.25, 0.3) is 0 Å². The summed E-state index contributed by atoms with van der Waals surface area (Å²) in [5, 5.41) is -1.89. The number of hydrogen-bond acceptors (Lipinski definition) is 7. The lowest BCUT2D eigenvalue weighted by Crippen LogP contribution is -2.31. The summed E-state index contributed by atoms with van der Waals surface area (Å²) in [5.41, 5.74) is 2.52. The van der Waals surface area contributed by atoms with Gasteiger partial charge in [0.1, 0.15) is 0 Å². The number of halogens is 3. The monoisotopic (exact) mass is 437 g/mol. The summed E-state index contributed by atoms with van der Waals surface area (Å²) < 4.78 is 47.6. The summed E-state index contributed by atoms with van der Waals surface area (Å²) in [5.74, 6) is -1.69. The van der Waals surface area contributed by atoms with Crippen LogP contribution < -0.4 is 15.5 Å². The number of urea groups is 1. The van der Waals surface area contributed by atoms with Crippen molar-refractivity contribution in [3.63, 3.8) is 0 Å². The molecule has 0 bridgehead atoms. The zero-order chi connectivity index (χ0) is 21.3. The van der Waals surface area contributed by atoms with Gasteiger partial charge in [-0.3, -0.25) is 5.32 Å². The van der Waals surface area contributed by atoms with Gasteiger partial charge in [0, 0.05) is 0 Å².